The van der Waals surface area contributed by atoms with Gasteiger partial charge in [0.1, 0.15) is 5.82 Å². The highest BCUT2D eigenvalue weighted by atomic mass is 127. The Kier molecular flexibility index (Phi) is 5.21. The summed E-state index contributed by atoms with van der Waals surface area (Å²) < 4.78 is 16.7. The van der Waals surface area contributed by atoms with Crippen molar-refractivity contribution in [3.63, 3.8) is 0 Å². The lowest BCUT2D eigenvalue weighted by Crippen LogP contribution is -2.41. The zero-order valence-electron chi connectivity index (χ0n) is 11.3. The van der Waals surface area contributed by atoms with E-state index in [-0.39, 0.29) is 12.1 Å². The van der Waals surface area contributed by atoms with Gasteiger partial charge in [-0.15, -0.1) is 0 Å². The summed E-state index contributed by atoms with van der Waals surface area (Å²) in [6, 6.07) is 4.07. The Balaban J connectivity index is 2.56. The Labute approximate surface area is 139 Å². The van der Waals surface area contributed by atoms with E-state index in [1.54, 1.807) is 0 Å². The van der Waals surface area contributed by atoms with Crippen LogP contribution in [0.25, 0.3) is 0 Å². The van der Waals surface area contributed by atoms with Crippen LogP contribution in [-0.2, 0) is 13.1 Å². The molecule has 0 aliphatic heterocycles. The maximum Gasteiger partial charge on any atom is 0.331 e. The first-order valence-corrected chi connectivity index (χ1v) is 7.83. The van der Waals surface area contributed by atoms with Crippen LogP contribution < -0.4 is 11.2 Å². The number of aryl methyl sites for hydroxylation is 1. The zero-order valence-corrected chi connectivity index (χ0v) is 14.2. The number of nitrogens with zero attached hydrogens (tertiary/aromatic N) is 2. The fraction of sp³-hybridized carbons (Fsp3) is 0.286. The molecule has 0 spiro atoms. The summed E-state index contributed by atoms with van der Waals surface area (Å²) in [7, 11) is 0. The molecule has 112 valence electrons. The largest absolute Gasteiger partial charge is 0.331 e. The van der Waals surface area contributed by atoms with Crippen LogP contribution in [0.15, 0.2) is 34.0 Å². The highest BCUT2D eigenvalue weighted by molar-refractivity contribution is 14.1. The van der Waals surface area contributed by atoms with Crippen molar-refractivity contribution in [2.75, 3.05) is 0 Å². The monoisotopic (exact) mass is 422 g/mol. The molecule has 0 fully saturated rings. The average molecular weight is 423 g/mol. The van der Waals surface area contributed by atoms with Crippen molar-refractivity contribution in [2.24, 2.45) is 0 Å². The van der Waals surface area contributed by atoms with Crippen LogP contribution >= 0.6 is 34.2 Å². The molecule has 0 saturated carbocycles. The van der Waals surface area contributed by atoms with Gasteiger partial charge >= 0.3 is 5.69 Å². The fourth-order valence-electron chi connectivity index (χ4n) is 1.99. The molecule has 4 nitrogen and oxygen atoms in total. The van der Waals surface area contributed by atoms with E-state index < -0.39 is 17.1 Å². The molecule has 0 saturated heterocycles. The Bertz CT molecular complexity index is 786. The fourth-order valence-corrected chi connectivity index (χ4v) is 2.82. The van der Waals surface area contributed by atoms with Gasteiger partial charge in [-0.2, -0.15) is 0 Å². The Morgan fingerprint density at radius 2 is 2.05 bits per heavy atom. The summed E-state index contributed by atoms with van der Waals surface area (Å²) >= 11 is 7.71. The predicted molar refractivity (Wildman–Crippen MR) is 88.5 cm³/mol. The molecular formula is C14H13ClFIN2O2. The first kappa shape index (κ1) is 16.2. The van der Waals surface area contributed by atoms with Gasteiger partial charge in [0.05, 0.1) is 10.1 Å². The lowest BCUT2D eigenvalue weighted by Gasteiger charge is -2.11. The second-order valence-electron chi connectivity index (χ2n) is 4.58. The number of aromatic nitrogens is 2. The van der Waals surface area contributed by atoms with Gasteiger partial charge in [-0.1, -0.05) is 18.5 Å². The quantitative estimate of drug-likeness (QED) is 0.711. The van der Waals surface area contributed by atoms with E-state index in [0.29, 0.717) is 15.1 Å². The van der Waals surface area contributed by atoms with Gasteiger partial charge in [0.2, 0.25) is 0 Å². The summed E-state index contributed by atoms with van der Waals surface area (Å²) in [5.41, 5.74) is -0.652. The summed E-state index contributed by atoms with van der Waals surface area (Å²) in [5.74, 6) is -0.494. The van der Waals surface area contributed by atoms with Crippen LogP contribution in [0, 0.1) is 9.39 Å². The van der Waals surface area contributed by atoms with Gasteiger partial charge in [0, 0.05) is 23.3 Å². The minimum absolute atomic E-state index is 0.134. The number of hydrogen-bond acceptors (Lipinski definition) is 2. The molecule has 0 N–H and O–H groups in total. The number of benzene rings is 1. The van der Waals surface area contributed by atoms with E-state index >= 15 is 0 Å². The van der Waals surface area contributed by atoms with Crippen LogP contribution in [0.5, 0.6) is 0 Å². The van der Waals surface area contributed by atoms with Crippen molar-refractivity contribution in [1.82, 2.24) is 9.13 Å². The highest BCUT2D eigenvalue weighted by Gasteiger charge is 2.12. The van der Waals surface area contributed by atoms with Crippen LogP contribution in [0.2, 0.25) is 5.02 Å². The normalized spacial score (nSPS) is 10.9. The van der Waals surface area contributed by atoms with Gasteiger partial charge in [0.15, 0.2) is 0 Å². The third kappa shape index (κ3) is 3.55. The molecule has 2 aromatic rings. The summed E-state index contributed by atoms with van der Waals surface area (Å²) in [6.07, 6.45) is 2.29. The van der Waals surface area contributed by atoms with E-state index in [4.69, 9.17) is 11.6 Å². The van der Waals surface area contributed by atoms with Crippen molar-refractivity contribution in [3.8, 4) is 0 Å². The molecule has 0 aliphatic rings. The molecule has 0 unspecified atom stereocenters. The van der Waals surface area contributed by atoms with E-state index in [0.717, 1.165) is 11.0 Å². The summed E-state index contributed by atoms with van der Waals surface area (Å²) in [4.78, 5) is 24.4. The molecule has 0 amide bonds. The molecule has 7 heteroatoms. The maximum absolute atomic E-state index is 13.8. The Morgan fingerprint density at radius 3 is 2.71 bits per heavy atom. The topological polar surface area (TPSA) is 44.0 Å². The van der Waals surface area contributed by atoms with Gasteiger partial charge in [-0.05, 0) is 47.2 Å². The molecule has 0 aliphatic carbocycles. The van der Waals surface area contributed by atoms with Gasteiger partial charge in [0.25, 0.3) is 5.56 Å². The van der Waals surface area contributed by atoms with Crippen molar-refractivity contribution >= 4 is 34.2 Å². The summed E-state index contributed by atoms with van der Waals surface area (Å²) in [6.45, 7) is 2.31. The lowest BCUT2D eigenvalue weighted by molar-refractivity contribution is 0.548. The van der Waals surface area contributed by atoms with Crippen LogP contribution in [-0.4, -0.2) is 9.13 Å². The van der Waals surface area contributed by atoms with E-state index in [1.165, 1.54) is 29.0 Å². The molecular weight excluding hydrogens is 410 g/mol. The van der Waals surface area contributed by atoms with E-state index in [9.17, 15) is 14.0 Å². The number of rotatable bonds is 4. The minimum atomic E-state index is -0.494. The minimum Gasteiger partial charge on any atom is -0.299 e. The second kappa shape index (κ2) is 6.74. The predicted octanol–water partition coefficient (Wildman–Crippen LogP) is 2.87. The van der Waals surface area contributed by atoms with Crippen molar-refractivity contribution < 1.29 is 4.39 Å². The molecule has 2 rings (SSSR count). The second-order valence-corrected chi connectivity index (χ2v) is 6.18. The third-order valence-electron chi connectivity index (χ3n) is 3.00. The van der Waals surface area contributed by atoms with Crippen molar-refractivity contribution in [3.05, 3.63) is 65.2 Å². The Hall–Kier alpha value is -1.15. The van der Waals surface area contributed by atoms with Gasteiger partial charge in [-0.25, -0.2) is 9.18 Å². The molecule has 0 radical (unpaired) electrons. The zero-order chi connectivity index (χ0) is 15.6. The van der Waals surface area contributed by atoms with Crippen molar-refractivity contribution in [2.45, 2.75) is 26.4 Å². The standard InChI is InChI=1S/C14H13ClFIN2O2/c1-2-5-18-8-12(17)13(20)19(14(18)21)7-9-6-10(15)3-4-11(9)16/h3-4,6,8H,2,5,7H2,1H3. The number of hydrogen-bond donors (Lipinski definition) is 0. The molecule has 1 heterocycles. The Morgan fingerprint density at radius 1 is 1.33 bits per heavy atom. The lowest BCUT2D eigenvalue weighted by atomic mass is 10.2. The van der Waals surface area contributed by atoms with Gasteiger partial charge < -0.3 is 0 Å². The van der Waals surface area contributed by atoms with E-state index in [2.05, 4.69) is 0 Å². The SMILES string of the molecule is CCCn1cc(I)c(=O)n(Cc2cc(Cl)ccc2F)c1=O. The van der Waals surface area contributed by atoms with Crippen molar-refractivity contribution in [1.29, 1.82) is 0 Å². The van der Waals surface area contributed by atoms with Crippen LogP contribution in [0.4, 0.5) is 4.39 Å². The first-order chi connectivity index (χ1) is 9.93. The number of halogens is 3. The van der Waals surface area contributed by atoms with Crippen LogP contribution in [0.1, 0.15) is 18.9 Å². The molecule has 0 atom stereocenters. The first-order valence-electron chi connectivity index (χ1n) is 6.37. The van der Waals surface area contributed by atoms with Gasteiger partial charge in [-0.3, -0.25) is 13.9 Å². The van der Waals surface area contributed by atoms with E-state index in [1.807, 2.05) is 29.5 Å². The summed E-state index contributed by atoms with van der Waals surface area (Å²) in [5, 5.41) is 0.360. The van der Waals surface area contributed by atoms with Crippen LogP contribution in [0.3, 0.4) is 0 Å². The smallest absolute Gasteiger partial charge is 0.299 e. The molecule has 0 bridgehead atoms. The maximum atomic E-state index is 13.8. The highest BCUT2D eigenvalue weighted by Crippen LogP contribution is 2.15. The average Bonchev–Trinajstić information content (AvgIpc) is 2.44. The molecule has 1 aromatic carbocycles. The third-order valence-corrected chi connectivity index (χ3v) is 3.97. The molecule has 21 heavy (non-hydrogen) atoms. The molecule has 1 aromatic heterocycles.